The van der Waals surface area contributed by atoms with E-state index in [9.17, 15) is 9.90 Å². The van der Waals surface area contributed by atoms with E-state index in [0.29, 0.717) is 6.54 Å². The highest BCUT2D eigenvalue weighted by Gasteiger charge is 2.42. The fourth-order valence-electron chi connectivity index (χ4n) is 1.63. The topological polar surface area (TPSA) is 58.6 Å². The molecule has 0 radical (unpaired) electrons. The zero-order valence-electron chi connectivity index (χ0n) is 12.6. The molecule has 112 valence electrons. The molecule has 2 N–H and O–H groups in total. The molecule has 0 fully saturated rings. The van der Waals surface area contributed by atoms with Gasteiger partial charge in [-0.25, -0.2) is 0 Å². The third-order valence-electron chi connectivity index (χ3n) is 4.05. The van der Waals surface area contributed by atoms with Crippen molar-refractivity contribution in [3.63, 3.8) is 0 Å². The molecule has 5 heteroatoms. The first-order chi connectivity index (χ1) is 9.11. The number of hydrogen-bond acceptors (Lipinski definition) is 3. The number of carboxylic acids is 1. The molecule has 1 aromatic rings. The number of hydrogen-bond donors (Lipinski definition) is 2. The van der Waals surface area contributed by atoms with E-state index in [1.807, 2.05) is 32.0 Å². The van der Waals surface area contributed by atoms with Crippen LogP contribution >= 0.6 is 15.9 Å². The number of methoxy groups -OCH3 is 1. The SMILES string of the molecule is COc1ccc(CNC(C)(C)C(C)(C)C(=O)O)cc1Br. The Hall–Kier alpha value is -1.07. The molecular formula is C15H22BrNO3. The smallest absolute Gasteiger partial charge is 0.310 e. The van der Waals surface area contributed by atoms with Crippen molar-refractivity contribution in [2.24, 2.45) is 5.41 Å². The summed E-state index contributed by atoms with van der Waals surface area (Å²) in [7, 11) is 1.62. The monoisotopic (exact) mass is 343 g/mol. The summed E-state index contributed by atoms with van der Waals surface area (Å²) >= 11 is 3.44. The first-order valence-corrected chi connectivity index (χ1v) is 7.22. The van der Waals surface area contributed by atoms with E-state index in [1.54, 1.807) is 21.0 Å². The van der Waals surface area contributed by atoms with Gasteiger partial charge in [0.2, 0.25) is 0 Å². The highest BCUT2D eigenvalue weighted by molar-refractivity contribution is 9.10. The molecule has 0 saturated carbocycles. The fraction of sp³-hybridized carbons (Fsp3) is 0.533. The Labute approximate surface area is 128 Å². The van der Waals surface area contributed by atoms with Crippen molar-refractivity contribution >= 4 is 21.9 Å². The van der Waals surface area contributed by atoms with Crippen molar-refractivity contribution in [3.8, 4) is 5.75 Å². The van der Waals surface area contributed by atoms with E-state index < -0.39 is 16.9 Å². The quantitative estimate of drug-likeness (QED) is 0.830. The highest BCUT2D eigenvalue weighted by Crippen LogP contribution is 2.31. The molecule has 20 heavy (non-hydrogen) atoms. The number of nitrogens with one attached hydrogen (secondary N) is 1. The van der Waals surface area contributed by atoms with Crippen LogP contribution in [0.25, 0.3) is 0 Å². The highest BCUT2D eigenvalue weighted by atomic mass is 79.9. The van der Waals surface area contributed by atoms with Crippen LogP contribution in [-0.4, -0.2) is 23.7 Å². The Balaban J connectivity index is 2.81. The summed E-state index contributed by atoms with van der Waals surface area (Å²) in [6.45, 7) is 7.85. The number of aliphatic carboxylic acids is 1. The standard InChI is InChI=1S/C15H22BrNO3/c1-14(2,13(18)19)15(3,4)17-9-10-6-7-12(20-5)11(16)8-10/h6-8,17H,9H2,1-5H3,(H,18,19). The van der Waals surface area contributed by atoms with Gasteiger partial charge in [0, 0.05) is 12.1 Å². The van der Waals surface area contributed by atoms with Gasteiger partial charge in [-0.3, -0.25) is 4.79 Å². The maximum absolute atomic E-state index is 11.4. The van der Waals surface area contributed by atoms with E-state index in [0.717, 1.165) is 15.8 Å². The summed E-state index contributed by atoms with van der Waals surface area (Å²) in [4.78, 5) is 11.4. The molecule has 0 atom stereocenters. The van der Waals surface area contributed by atoms with Gasteiger partial charge in [0.1, 0.15) is 5.75 Å². The van der Waals surface area contributed by atoms with E-state index >= 15 is 0 Å². The maximum atomic E-state index is 11.4. The van der Waals surface area contributed by atoms with Crippen LogP contribution in [0.4, 0.5) is 0 Å². The molecule has 1 aromatic carbocycles. The normalized spacial score (nSPS) is 12.3. The van der Waals surface area contributed by atoms with Gasteiger partial charge in [0.25, 0.3) is 0 Å². The van der Waals surface area contributed by atoms with Gasteiger partial charge < -0.3 is 15.2 Å². The Morgan fingerprint density at radius 3 is 2.40 bits per heavy atom. The van der Waals surface area contributed by atoms with Gasteiger partial charge in [0.15, 0.2) is 0 Å². The molecule has 0 bridgehead atoms. The van der Waals surface area contributed by atoms with Crippen LogP contribution in [0.5, 0.6) is 5.75 Å². The third kappa shape index (κ3) is 3.52. The minimum absolute atomic E-state index is 0.536. The molecule has 0 spiro atoms. The summed E-state index contributed by atoms with van der Waals surface area (Å²) in [5.74, 6) is -0.0372. The summed E-state index contributed by atoms with van der Waals surface area (Å²) in [6.07, 6.45) is 0. The van der Waals surface area contributed by atoms with Crippen molar-refractivity contribution in [1.82, 2.24) is 5.32 Å². The molecule has 1 rings (SSSR count). The second-order valence-corrected chi connectivity index (χ2v) is 6.73. The zero-order valence-corrected chi connectivity index (χ0v) is 14.2. The molecule has 0 heterocycles. The lowest BCUT2D eigenvalue weighted by Gasteiger charge is -2.39. The van der Waals surface area contributed by atoms with Crippen LogP contribution < -0.4 is 10.1 Å². The molecule has 0 unspecified atom stereocenters. The van der Waals surface area contributed by atoms with Gasteiger partial charge in [-0.05, 0) is 61.3 Å². The molecule has 0 aliphatic carbocycles. The van der Waals surface area contributed by atoms with Crippen molar-refractivity contribution in [1.29, 1.82) is 0 Å². The average molecular weight is 344 g/mol. The van der Waals surface area contributed by atoms with Gasteiger partial charge in [-0.1, -0.05) is 6.07 Å². The van der Waals surface area contributed by atoms with E-state index in [4.69, 9.17) is 4.74 Å². The Kier molecular flexibility index (Phi) is 5.21. The van der Waals surface area contributed by atoms with Crippen LogP contribution in [0.1, 0.15) is 33.3 Å². The summed E-state index contributed by atoms with van der Waals surface area (Å²) in [5.41, 5.74) is -0.339. The number of carbonyl (C=O) groups is 1. The van der Waals surface area contributed by atoms with Crippen molar-refractivity contribution < 1.29 is 14.6 Å². The first kappa shape index (κ1) is 17.0. The lowest BCUT2D eigenvalue weighted by molar-refractivity contribution is -0.151. The number of benzene rings is 1. The fourth-order valence-corrected chi connectivity index (χ4v) is 2.22. The van der Waals surface area contributed by atoms with Crippen molar-refractivity contribution in [2.45, 2.75) is 39.8 Å². The van der Waals surface area contributed by atoms with Crippen LogP contribution in [0.15, 0.2) is 22.7 Å². The van der Waals surface area contributed by atoms with Gasteiger partial charge in [-0.15, -0.1) is 0 Å². The Morgan fingerprint density at radius 2 is 1.95 bits per heavy atom. The number of rotatable bonds is 6. The molecule has 0 aliphatic rings. The van der Waals surface area contributed by atoms with E-state index in [1.165, 1.54) is 0 Å². The minimum Gasteiger partial charge on any atom is -0.496 e. The molecular weight excluding hydrogens is 322 g/mol. The van der Waals surface area contributed by atoms with E-state index in [-0.39, 0.29) is 0 Å². The summed E-state index contributed by atoms with van der Waals surface area (Å²) in [6, 6.07) is 5.81. The zero-order chi connectivity index (χ0) is 15.6. The minimum atomic E-state index is -0.864. The molecule has 4 nitrogen and oxygen atoms in total. The Bertz CT molecular complexity index is 498. The average Bonchev–Trinajstić information content (AvgIpc) is 2.36. The lowest BCUT2D eigenvalue weighted by Crippen LogP contribution is -2.54. The van der Waals surface area contributed by atoms with Crippen molar-refractivity contribution in [3.05, 3.63) is 28.2 Å². The third-order valence-corrected chi connectivity index (χ3v) is 4.67. The second-order valence-electron chi connectivity index (χ2n) is 5.88. The van der Waals surface area contributed by atoms with Crippen LogP contribution in [0, 0.1) is 5.41 Å². The second kappa shape index (κ2) is 6.14. The predicted octanol–water partition coefficient (Wildman–Crippen LogP) is 3.44. The lowest BCUT2D eigenvalue weighted by atomic mass is 9.74. The largest absolute Gasteiger partial charge is 0.496 e. The number of ether oxygens (including phenoxy) is 1. The Morgan fingerprint density at radius 1 is 1.35 bits per heavy atom. The van der Waals surface area contributed by atoms with Gasteiger partial charge >= 0.3 is 5.97 Å². The maximum Gasteiger partial charge on any atom is 0.310 e. The van der Waals surface area contributed by atoms with E-state index in [2.05, 4.69) is 21.2 Å². The molecule has 0 aliphatic heterocycles. The predicted molar refractivity (Wildman–Crippen MR) is 83.0 cm³/mol. The number of carboxylic acid groups (broad SMARTS) is 1. The summed E-state index contributed by atoms with van der Waals surface area (Å²) < 4.78 is 6.07. The van der Waals surface area contributed by atoms with Crippen LogP contribution in [-0.2, 0) is 11.3 Å². The van der Waals surface area contributed by atoms with Crippen LogP contribution in [0.3, 0.4) is 0 Å². The van der Waals surface area contributed by atoms with Gasteiger partial charge in [0.05, 0.1) is 17.0 Å². The van der Waals surface area contributed by atoms with Gasteiger partial charge in [-0.2, -0.15) is 0 Å². The molecule has 0 aromatic heterocycles. The summed E-state index contributed by atoms with van der Waals surface area (Å²) in [5, 5.41) is 12.6. The molecule has 0 saturated heterocycles. The number of halogens is 1. The van der Waals surface area contributed by atoms with Crippen LogP contribution in [0.2, 0.25) is 0 Å². The molecule has 0 amide bonds. The van der Waals surface area contributed by atoms with Crippen molar-refractivity contribution in [2.75, 3.05) is 7.11 Å². The first-order valence-electron chi connectivity index (χ1n) is 6.42.